The summed E-state index contributed by atoms with van der Waals surface area (Å²) in [7, 11) is 0. The number of aryl methyl sites for hydroxylation is 2. The molecule has 6 nitrogen and oxygen atoms in total. The van der Waals surface area contributed by atoms with Crippen molar-refractivity contribution in [2.75, 3.05) is 0 Å². The van der Waals surface area contributed by atoms with Crippen molar-refractivity contribution in [2.45, 2.75) is 39.3 Å². The molecular weight excluding hydrogens is 310 g/mol. The molecule has 0 bridgehead atoms. The zero-order chi connectivity index (χ0) is 16.0. The molecule has 0 atom stereocenters. The predicted octanol–water partition coefficient (Wildman–Crippen LogP) is 2.77. The lowest BCUT2D eigenvalue weighted by molar-refractivity contribution is 0.0951. The summed E-state index contributed by atoms with van der Waals surface area (Å²) in [5.41, 5.74) is 3.15. The predicted molar refractivity (Wildman–Crippen MR) is 88.6 cm³/mol. The second-order valence-electron chi connectivity index (χ2n) is 5.87. The monoisotopic (exact) mass is 327 g/mol. The summed E-state index contributed by atoms with van der Waals surface area (Å²) in [6, 6.07) is 2.34. The summed E-state index contributed by atoms with van der Waals surface area (Å²) in [6.45, 7) is 4.42. The zero-order valence-electron chi connectivity index (χ0n) is 13.0. The average molecular weight is 327 g/mol. The van der Waals surface area contributed by atoms with Crippen molar-refractivity contribution >= 4 is 28.4 Å². The highest BCUT2D eigenvalue weighted by atomic mass is 32.1. The molecule has 1 N–H and O–H groups in total. The highest BCUT2D eigenvalue weighted by Gasteiger charge is 2.25. The van der Waals surface area contributed by atoms with Crippen LogP contribution in [-0.4, -0.2) is 25.4 Å². The molecule has 7 heteroatoms. The van der Waals surface area contributed by atoms with Gasteiger partial charge in [-0.25, -0.2) is 15.0 Å². The van der Waals surface area contributed by atoms with Gasteiger partial charge in [-0.15, -0.1) is 11.3 Å². The van der Waals surface area contributed by atoms with E-state index in [4.69, 9.17) is 0 Å². The molecule has 1 aliphatic carbocycles. The van der Waals surface area contributed by atoms with Crippen LogP contribution in [0, 0.1) is 13.8 Å². The summed E-state index contributed by atoms with van der Waals surface area (Å²) >= 11 is 1.61. The molecule has 0 aliphatic heterocycles. The number of aromatic nitrogens is 4. The number of carbonyl (C=O) groups excluding carboxylic acids is 1. The van der Waals surface area contributed by atoms with Gasteiger partial charge in [-0.3, -0.25) is 4.79 Å². The van der Waals surface area contributed by atoms with Crippen LogP contribution in [0.25, 0.3) is 11.2 Å². The van der Waals surface area contributed by atoms with E-state index in [9.17, 15) is 4.79 Å². The van der Waals surface area contributed by atoms with Gasteiger partial charge in [0.1, 0.15) is 5.52 Å². The Morgan fingerprint density at radius 2 is 2.22 bits per heavy atom. The summed E-state index contributed by atoms with van der Waals surface area (Å²) < 4.78 is 2.10. The molecule has 1 saturated carbocycles. The fourth-order valence-corrected chi connectivity index (χ4v) is 3.54. The van der Waals surface area contributed by atoms with E-state index in [1.807, 2.05) is 20.2 Å². The van der Waals surface area contributed by atoms with Crippen LogP contribution in [0.2, 0.25) is 0 Å². The zero-order valence-corrected chi connectivity index (χ0v) is 13.9. The van der Waals surface area contributed by atoms with Crippen LogP contribution >= 0.6 is 11.3 Å². The first-order chi connectivity index (χ1) is 11.1. The third-order valence-electron chi connectivity index (χ3n) is 4.02. The maximum Gasteiger partial charge on any atom is 0.253 e. The van der Waals surface area contributed by atoms with Gasteiger partial charge in [-0.05, 0) is 32.8 Å². The van der Waals surface area contributed by atoms with Crippen molar-refractivity contribution < 1.29 is 4.79 Å². The SMILES string of the molecule is Cc1nc(C)c(CNC(=O)c2cnc3c(c2)ncn3C2CC2)s1. The number of pyridine rings is 1. The van der Waals surface area contributed by atoms with Crippen LogP contribution in [0.1, 0.15) is 44.8 Å². The van der Waals surface area contributed by atoms with Crippen LogP contribution in [0.5, 0.6) is 0 Å². The highest BCUT2D eigenvalue weighted by Crippen LogP contribution is 2.36. The van der Waals surface area contributed by atoms with E-state index in [-0.39, 0.29) is 5.91 Å². The number of nitrogens with zero attached hydrogens (tertiary/aromatic N) is 4. The third kappa shape index (κ3) is 2.72. The number of hydrogen-bond donors (Lipinski definition) is 1. The van der Waals surface area contributed by atoms with Crippen LogP contribution in [0.3, 0.4) is 0 Å². The Balaban J connectivity index is 1.51. The maximum atomic E-state index is 12.3. The topological polar surface area (TPSA) is 72.7 Å². The minimum Gasteiger partial charge on any atom is -0.347 e. The Kier molecular flexibility index (Phi) is 3.37. The van der Waals surface area contributed by atoms with Crippen molar-refractivity contribution in [3.63, 3.8) is 0 Å². The van der Waals surface area contributed by atoms with E-state index in [0.717, 1.165) is 26.7 Å². The van der Waals surface area contributed by atoms with E-state index >= 15 is 0 Å². The first-order valence-corrected chi connectivity index (χ1v) is 8.47. The molecule has 3 aromatic rings. The molecule has 118 valence electrons. The number of imidazole rings is 1. The summed E-state index contributed by atoms with van der Waals surface area (Å²) in [6.07, 6.45) is 5.81. The van der Waals surface area contributed by atoms with E-state index < -0.39 is 0 Å². The molecule has 1 amide bonds. The smallest absolute Gasteiger partial charge is 0.253 e. The molecular formula is C16H17N5OS. The number of hydrogen-bond acceptors (Lipinski definition) is 5. The third-order valence-corrected chi connectivity index (χ3v) is 5.10. The van der Waals surface area contributed by atoms with Gasteiger partial charge in [0.15, 0.2) is 5.65 Å². The molecule has 0 aromatic carbocycles. The van der Waals surface area contributed by atoms with Crippen LogP contribution in [0.15, 0.2) is 18.6 Å². The number of carbonyl (C=O) groups is 1. The lowest BCUT2D eigenvalue weighted by Gasteiger charge is -2.05. The molecule has 23 heavy (non-hydrogen) atoms. The molecule has 0 unspecified atom stereocenters. The lowest BCUT2D eigenvalue weighted by Crippen LogP contribution is -2.22. The molecule has 0 saturated heterocycles. The first-order valence-electron chi connectivity index (χ1n) is 7.65. The Hall–Kier alpha value is -2.28. The first kappa shape index (κ1) is 14.3. The fraction of sp³-hybridized carbons (Fsp3) is 0.375. The van der Waals surface area contributed by atoms with Gasteiger partial charge in [-0.2, -0.15) is 0 Å². The minimum atomic E-state index is -0.133. The van der Waals surface area contributed by atoms with E-state index in [1.165, 1.54) is 12.8 Å². The highest BCUT2D eigenvalue weighted by molar-refractivity contribution is 7.11. The van der Waals surface area contributed by atoms with Crippen molar-refractivity contribution in [3.8, 4) is 0 Å². The van der Waals surface area contributed by atoms with Crippen LogP contribution in [0.4, 0.5) is 0 Å². The number of amides is 1. The Morgan fingerprint density at radius 3 is 2.91 bits per heavy atom. The molecule has 0 radical (unpaired) electrons. The van der Waals surface area contributed by atoms with Crippen molar-refractivity contribution in [1.29, 1.82) is 0 Å². The second kappa shape index (κ2) is 5.42. The average Bonchev–Trinajstić information content (AvgIpc) is 3.21. The van der Waals surface area contributed by atoms with Gasteiger partial charge in [0.25, 0.3) is 5.91 Å². The van der Waals surface area contributed by atoms with Crippen molar-refractivity contribution in [1.82, 2.24) is 24.8 Å². The van der Waals surface area contributed by atoms with Crippen molar-refractivity contribution in [3.05, 3.63) is 39.7 Å². The van der Waals surface area contributed by atoms with Gasteiger partial charge in [-0.1, -0.05) is 0 Å². The van der Waals surface area contributed by atoms with Crippen molar-refractivity contribution in [2.24, 2.45) is 0 Å². The number of thiazole rings is 1. The number of nitrogens with one attached hydrogen (secondary N) is 1. The van der Waals surface area contributed by atoms with Gasteiger partial charge >= 0.3 is 0 Å². The van der Waals surface area contributed by atoms with Gasteiger partial charge in [0, 0.05) is 17.1 Å². The maximum absolute atomic E-state index is 12.3. The molecule has 3 heterocycles. The molecule has 3 aromatic heterocycles. The Labute approximate surface area is 137 Å². The van der Waals surface area contributed by atoms with Gasteiger partial charge < -0.3 is 9.88 Å². The summed E-state index contributed by atoms with van der Waals surface area (Å²) in [4.78, 5) is 26.6. The molecule has 4 rings (SSSR count). The van der Waals surface area contributed by atoms with E-state index in [2.05, 4.69) is 24.8 Å². The summed E-state index contributed by atoms with van der Waals surface area (Å²) in [5.74, 6) is -0.133. The van der Waals surface area contributed by atoms with Gasteiger partial charge in [0.2, 0.25) is 0 Å². The Bertz CT molecular complexity index is 893. The Morgan fingerprint density at radius 1 is 1.39 bits per heavy atom. The fourth-order valence-electron chi connectivity index (χ4n) is 2.66. The van der Waals surface area contributed by atoms with Gasteiger partial charge in [0.05, 0.1) is 29.1 Å². The van der Waals surface area contributed by atoms with E-state index in [1.54, 1.807) is 23.6 Å². The second-order valence-corrected chi connectivity index (χ2v) is 7.16. The molecule has 1 aliphatic rings. The molecule has 0 spiro atoms. The number of fused-ring (bicyclic) bond motifs is 1. The quantitative estimate of drug-likeness (QED) is 0.800. The van der Waals surface area contributed by atoms with E-state index in [0.29, 0.717) is 18.2 Å². The van der Waals surface area contributed by atoms with Crippen LogP contribution < -0.4 is 5.32 Å². The van der Waals surface area contributed by atoms with Crippen LogP contribution in [-0.2, 0) is 6.54 Å². The minimum absolute atomic E-state index is 0.133. The normalized spacial score (nSPS) is 14.3. The lowest BCUT2D eigenvalue weighted by atomic mass is 10.2. The number of rotatable bonds is 4. The largest absolute Gasteiger partial charge is 0.347 e. The molecule has 1 fully saturated rings. The summed E-state index contributed by atoms with van der Waals surface area (Å²) in [5, 5.41) is 3.95. The standard InChI is InChI=1S/C16H17N5OS/c1-9-14(23-10(2)20-9)7-18-16(22)11-5-13-15(17-6-11)21(8-19-13)12-3-4-12/h5-6,8,12H,3-4,7H2,1-2H3,(H,18,22).